The number of rotatable bonds is 6. The average Bonchev–Trinajstić information content (AvgIpc) is 3.59. The van der Waals surface area contributed by atoms with Gasteiger partial charge in [0, 0.05) is 50.0 Å². The summed E-state index contributed by atoms with van der Waals surface area (Å²) < 4.78 is 19.0. The number of carbonyl (C=O) groups is 1. The molecular formula is C29H31ClN4O5. The summed E-state index contributed by atoms with van der Waals surface area (Å²) in [5.41, 5.74) is 9.20. The summed E-state index contributed by atoms with van der Waals surface area (Å²) in [5, 5.41) is 1.09. The Labute approximate surface area is 230 Å². The molecule has 0 radical (unpaired) electrons. The number of carbonyl (C=O) groups excluding carboxylic acids is 1. The van der Waals surface area contributed by atoms with Gasteiger partial charge in [-0.1, -0.05) is 17.7 Å². The first-order valence-electron chi connectivity index (χ1n) is 13.3. The second-order valence-corrected chi connectivity index (χ2v) is 11.0. The standard InChI is InChI=1S/C29H31ClN4O5/c1-16-3-4-23-21(11-16)32-28(39-23)18-5-8-34(9-6-18)26-19-12-20(30)24(38-15-17-7-10-37-14-17)13-22(19)33(2)29(36)25(26)27(31)35/h3-4,11-13,17-18H,5-10,14-15H2,1-2H3,(H2,31,35)/t17-/m1/s1. The van der Waals surface area contributed by atoms with Crippen LogP contribution in [0.25, 0.3) is 22.0 Å². The van der Waals surface area contributed by atoms with Crippen LogP contribution in [0.4, 0.5) is 5.69 Å². The average molecular weight is 551 g/mol. The molecule has 2 aromatic heterocycles. The zero-order valence-corrected chi connectivity index (χ0v) is 22.8. The van der Waals surface area contributed by atoms with Gasteiger partial charge in [0.1, 0.15) is 16.8 Å². The molecular weight excluding hydrogens is 520 g/mol. The van der Waals surface area contributed by atoms with Crippen molar-refractivity contribution in [1.82, 2.24) is 9.55 Å². The van der Waals surface area contributed by atoms with Crippen LogP contribution in [0.15, 0.2) is 39.5 Å². The topological polar surface area (TPSA) is 113 Å². The molecule has 2 fully saturated rings. The summed E-state index contributed by atoms with van der Waals surface area (Å²) in [5.74, 6) is 0.888. The summed E-state index contributed by atoms with van der Waals surface area (Å²) >= 11 is 6.68. The molecule has 2 aliphatic rings. The van der Waals surface area contributed by atoms with Crippen LogP contribution in [0, 0.1) is 12.8 Å². The molecule has 0 saturated carbocycles. The van der Waals surface area contributed by atoms with Crippen LogP contribution < -0.4 is 20.9 Å². The molecule has 39 heavy (non-hydrogen) atoms. The molecule has 0 unspecified atom stereocenters. The van der Waals surface area contributed by atoms with Gasteiger partial charge in [-0.05, 0) is 49.9 Å². The molecule has 4 heterocycles. The molecule has 2 aromatic carbocycles. The molecule has 1 atom stereocenters. The van der Waals surface area contributed by atoms with E-state index in [1.807, 2.05) is 25.1 Å². The third kappa shape index (κ3) is 4.74. The van der Waals surface area contributed by atoms with Crippen molar-refractivity contribution in [2.75, 3.05) is 37.8 Å². The summed E-state index contributed by atoms with van der Waals surface area (Å²) in [6, 6.07) is 9.53. The maximum atomic E-state index is 13.4. The molecule has 1 amide bonds. The fourth-order valence-corrected chi connectivity index (χ4v) is 5.90. The number of nitrogens with zero attached hydrogens (tertiary/aromatic N) is 3. The largest absolute Gasteiger partial charge is 0.492 e. The fourth-order valence-electron chi connectivity index (χ4n) is 5.69. The molecule has 204 valence electrons. The van der Waals surface area contributed by atoms with Gasteiger partial charge in [-0.15, -0.1) is 0 Å². The van der Waals surface area contributed by atoms with Crippen molar-refractivity contribution in [1.29, 1.82) is 0 Å². The van der Waals surface area contributed by atoms with E-state index >= 15 is 0 Å². The van der Waals surface area contributed by atoms with Gasteiger partial charge in [-0.3, -0.25) is 9.59 Å². The highest BCUT2D eigenvalue weighted by Crippen LogP contribution is 2.39. The van der Waals surface area contributed by atoms with Gasteiger partial charge in [-0.25, -0.2) is 4.98 Å². The Hall–Kier alpha value is -3.56. The minimum atomic E-state index is -0.762. The van der Waals surface area contributed by atoms with Gasteiger partial charge < -0.3 is 29.1 Å². The Kier molecular flexibility index (Phi) is 6.72. The maximum Gasteiger partial charge on any atom is 0.265 e. The molecule has 2 saturated heterocycles. The molecule has 4 aromatic rings. The summed E-state index contributed by atoms with van der Waals surface area (Å²) in [6.07, 6.45) is 2.44. The number of hydrogen-bond acceptors (Lipinski definition) is 7. The summed E-state index contributed by atoms with van der Waals surface area (Å²) in [6.45, 7) is 5.10. The minimum absolute atomic E-state index is 0.0337. The number of hydrogen-bond donors (Lipinski definition) is 1. The predicted molar refractivity (Wildman–Crippen MR) is 150 cm³/mol. The lowest BCUT2D eigenvalue weighted by molar-refractivity contribution is 0.0999. The summed E-state index contributed by atoms with van der Waals surface area (Å²) in [4.78, 5) is 32.8. The van der Waals surface area contributed by atoms with Crippen LogP contribution in [-0.4, -0.2) is 48.4 Å². The number of halogens is 1. The highest BCUT2D eigenvalue weighted by atomic mass is 35.5. The highest BCUT2D eigenvalue weighted by Gasteiger charge is 2.30. The third-order valence-electron chi connectivity index (χ3n) is 7.89. The second kappa shape index (κ2) is 10.2. The van der Waals surface area contributed by atoms with Crippen molar-refractivity contribution >= 4 is 45.2 Å². The molecule has 0 bridgehead atoms. The Morgan fingerprint density at radius 1 is 1.21 bits per heavy atom. The fraction of sp³-hybridized carbons (Fsp3) is 0.414. The summed E-state index contributed by atoms with van der Waals surface area (Å²) in [7, 11) is 1.63. The number of benzene rings is 2. The van der Waals surface area contributed by atoms with Crippen LogP contribution in [0.5, 0.6) is 5.75 Å². The van der Waals surface area contributed by atoms with Crippen molar-refractivity contribution in [2.24, 2.45) is 18.7 Å². The smallest absolute Gasteiger partial charge is 0.265 e. The molecule has 2 aliphatic heterocycles. The number of aromatic nitrogens is 2. The molecule has 0 spiro atoms. The van der Waals surface area contributed by atoms with Gasteiger partial charge in [0.15, 0.2) is 11.5 Å². The first kappa shape index (κ1) is 25.7. The molecule has 2 N–H and O–H groups in total. The van der Waals surface area contributed by atoms with Crippen LogP contribution in [0.2, 0.25) is 5.02 Å². The van der Waals surface area contributed by atoms with Crippen LogP contribution >= 0.6 is 11.6 Å². The zero-order valence-electron chi connectivity index (χ0n) is 22.0. The molecule has 6 rings (SSSR count). The van der Waals surface area contributed by atoms with Crippen LogP contribution in [0.3, 0.4) is 0 Å². The number of aryl methyl sites for hydroxylation is 2. The number of anilines is 1. The zero-order chi connectivity index (χ0) is 27.3. The lowest BCUT2D eigenvalue weighted by atomic mass is 9.95. The van der Waals surface area contributed by atoms with Gasteiger partial charge in [-0.2, -0.15) is 0 Å². The minimum Gasteiger partial charge on any atom is -0.492 e. The van der Waals surface area contributed by atoms with E-state index in [4.69, 9.17) is 36.2 Å². The quantitative estimate of drug-likeness (QED) is 0.375. The molecule has 9 nitrogen and oxygen atoms in total. The van der Waals surface area contributed by atoms with E-state index < -0.39 is 11.5 Å². The number of fused-ring (bicyclic) bond motifs is 2. The number of ether oxygens (including phenoxy) is 2. The van der Waals surface area contributed by atoms with Gasteiger partial charge in [0.25, 0.3) is 11.5 Å². The van der Waals surface area contributed by atoms with Crippen molar-refractivity contribution in [3.05, 3.63) is 62.7 Å². The van der Waals surface area contributed by atoms with Crippen molar-refractivity contribution in [3.8, 4) is 5.75 Å². The monoisotopic (exact) mass is 550 g/mol. The second-order valence-electron chi connectivity index (χ2n) is 10.6. The SMILES string of the molecule is Cc1ccc2oc(C3CCN(c4c(C(N)=O)c(=O)n(C)c5cc(OC[C@@H]6CCOC6)c(Cl)cc45)CC3)nc2c1. The van der Waals surface area contributed by atoms with Gasteiger partial charge in [0.05, 0.1) is 29.4 Å². The Bertz CT molecular complexity index is 1630. The maximum absolute atomic E-state index is 13.4. The van der Waals surface area contributed by atoms with Gasteiger partial charge in [0.2, 0.25) is 0 Å². The first-order valence-corrected chi connectivity index (χ1v) is 13.7. The number of nitrogens with two attached hydrogens (primary N) is 1. The van der Waals surface area contributed by atoms with E-state index in [1.54, 1.807) is 19.2 Å². The predicted octanol–water partition coefficient (Wildman–Crippen LogP) is 4.54. The van der Waals surface area contributed by atoms with E-state index in [1.165, 1.54) is 4.57 Å². The number of oxazole rings is 1. The lowest BCUT2D eigenvalue weighted by Crippen LogP contribution is -2.38. The number of primary amides is 1. The van der Waals surface area contributed by atoms with E-state index in [-0.39, 0.29) is 11.5 Å². The van der Waals surface area contributed by atoms with E-state index in [0.29, 0.717) is 59.6 Å². The van der Waals surface area contributed by atoms with Crippen LogP contribution in [0.1, 0.15) is 47.0 Å². The number of pyridine rings is 1. The van der Waals surface area contributed by atoms with Crippen LogP contribution in [-0.2, 0) is 11.8 Å². The van der Waals surface area contributed by atoms with E-state index in [2.05, 4.69) is 4.90 Å². The Morgan fingerprint density at radius 2 is 2.00 bits per heavy atom. The molecule has 0 aliphatic carbocycles. The lowest BCUT2D eigenvalue weighted by Gasteiger charge is -2.34. The van der Waals surface area contributed by atoms with E-state index in [9.17, 15) is 9.59 Å². The van der Waals surface area contributed by atoms with Crippen molar-refractivity contribution in [2.45, 2.75) is 32.1 Å². The third-order valence-corrected chi connectivity index (χ3v) is 8.18. The van der Waals surface area contributed by atoms with E-state index in [0.717, 1.165) is 48.4 Å². The van der Waals surface area contributed by atoms with Crippen molar-refractivity contribution < 1.29 is 18.7 Å². The number of amides is 1. The number of piperidine rings is 1. The van der Waals surface area contributed by atoms with Crippen molar-refractivity contribution in [3.63, 3.8) is 0 Å². The Morgan fingerprint density at radius 3 is 2.72 bits per heavy atom. The normalized spacial score (nSPS) is 18.3. The van der Waals surface area contributed by atoms with Gasteiger partial charge >= 0.3 is 0 Å². The molecule has 10 heteroatoms. The highest BCUT2D eigenvalue weighted by molar-refractivity contribution is 6.33. The Balaban J connectivity index is 1.33. The first-order chi connectivity index (χ1) is 18.8.